The van der Waals surface area contributed by atoms with Crippen LogP contribution in [0, 0.1) is 6.92 Å². The summed E-state index contributed by atoms with van der Waals surface area (Å²) in [5.41, 5.74) is 1.90. The van der Waals surface area contributed by atoms with Gasteiger partial charge in [-0.15, -0.1) is 0 Å². The standard InChI is InChI=1S/C18H20Cl2N2O3S/c1-13-16(20)5-4-6-17(13)22(26(3,24)25)12-18(23)21(2)11-14-7-9-15(19)10-8-14/h4-10H,11-12H2,1-3H3. The maximum atomic E-state index is 12.6. The van der Waals surface area contributed by atoms with E-state index in [0.717, 1.165) is 16.1 Å². The van der Waals surface area contributed by atoms with Crippen molar-refractivity contribution in [3.8, 4) is 0 Å². The minimum Gasteiger partial charge on any atom is -0.340 e. The molecule has 0 radical (unpaired) electrons. The van der Waals surface area contributed by atoms with Gasteiger partial charge in [0.2, 0.25) is 15.9 Å². The number of carbonyl (C=O) groups excluding carboxylic acids is 1. The molecule has 0 bridgehead atoms. The van der Waals surface area contributed by atoms with Crippen LogP contribution in [0.1, 0.15) is 11.1 Å². The number of hydrogen-bond donors (Lipinski definition) is 0. The Labute approximate surface area is 164 Å². The Balaban J connectivity index is 2.21. The van der Waals surface area contributed by atoms with Gasteiger partial charge in [0.05, 0.1) is 11.9 Å². The van der Waals surface area contributed by atoms with Crippen molar-refractivity contribution < 1.29 is 13.2 Å². The van der Waals surface area contributed by atoms with Crippen LogP contribution < -0.4 is 4.31 Å². The van der Waals surface area contributed by atoms with E-state index in [9.17, 15) is 13.2 Å². The Morgan fingerprint density at radius 1 is 1.08 bits per heavy atom. The Morgan fingerprint density at radius 3 is 2.27 bits per heavy atom. The normalized spacial score (nSPS) is 11.3. The van der Waals surface area contributed by atoms with Gasteiger partial charge >= 0.3 is 0 Å². The Morgan fingerprint density at radius 2 is 1.69 bits per heavy atom. The Hall–Kier alpha value is -1.76. The number of rotatable bonds is 6. The minimum atomic E-state index is -3.65. The first-order valence-corrected chi connectivity index (χ1v) is 10.4. The van der Waals surface area contributed by atoms with E-state index in [4.69, 9.17) is 23.2 Å². The van der Waals surface area contributed by atoms with Crippen LogP contribution in [-0.4, -0.2) is 39.1 Å². The molecule has 0 saturated carbocycles. The number of sulfonamides is 1. The highest BCUT2D eigenvalue weighted by atomic mass is 35.5. The van der Waals surface area contributed by atoms with Crippen LogP contribution in [0.15, 0.2) is 42.5 Å². The van der Waals surface area contributed by atoms with Crippen molar-refractivity contribution in [2.45, 2.75) is 13.5 Å². The quantitative estimate of drug-likeness (QED) is 0.723. The van der Waals surface area contributed by atoms with Crippen molar-refractivity contribution in [2.24, 2.45) is 0 Å². The Bertz CT molecular complexity index is 899. The first kappa shape index (κ1) is 20.6. The second-order valence-corrected chi connectivity index (χ2v) is 8.78. The first-order chi connectivity index (χ1) is 12.1. The average Bonchev–Trinajstić information content (AvgIpc) is 2.56. The van der Waals surface area contributed by atoms with Crippen molar-refractivity contribution >= 4 is 44.8 Å². The SMILES string of the molecule is Cc1c(Cl)cccc1N(CC(=O)N(C)Cc1ccc(Cl)cc1)S(C)(=O)=O. The first-order valence-electron chi connectivity index (χ1n) is 7.81. The third kappa shape index (κ3) is 5.13. The van der Waals surface area contributed by atoms with Gasteiger partial charge in [-0.25, -0.2) is 8.42 Å². The van der Waals surface area contributed by atoms with E-state index < -0.39 is 10.0 Å². The van der Waals surface area contributed by atoms with Gasteiger partial charge in [0.15, 0.2) is 0 Å². The van der Waals surface area contributed by atoms with Gasteiger partial charge in [-0.05, 0) is 42.3 Å². The van der Waals surface area contributed by atoms with E-state index in [0.29, 0.717) is 27.8 Å². The number of carbonyl (C=O) groups is 1. The summed E-state index contributed by atoms with van der Waals surface area (Å²) in [6, 6.07) is 12.1. The number of benzene rings is 2. The van der Waals surface area contributed by atoms with E-state index in [1.165, 1.54) is 4.90 Å². The molecule has 0 aliphatic rings. The molecule has 0 aromatic heterocycles. The van der Waals surface area contributed by atoms with E-state index in [2.05, 4.69) is 0 Å². The second kappa shape index (κ2) is 8.29. The fourth-order valence-corrected chi connectivity index (χ4v) is 3.64. The van der Waals surface area contributed by atoms with E-state index in [1.54, 1.807) is 44.3 Å². The summed E-state index contributed by atoms with van der Waals surface area (Å²) in [6.45, 7) is 1.77. The van der Waals surface area contributed by atoms with E-state index in [1.807, 2.05) is 12.1 Å². The lowest BCUT2D eigenvalue weighted by atomic mass is 10.2. The van der Waals surface area contributed by atoms with Gasteiger partial charge in [-0.3, -0.25) is 9.10 Å². The van der Waals surface area contributed by atoms with Crippen molar-refractivity contribution in [1.29, 1.82) is 0 Å². The van der Waals surface area contributed by atoms with Crippen LogP contribution >= 0.6 is 23.2 Å². The molecule has 0 fully saturated rings. The lowest BCUT2D eigenvalue weighted by molar-refractivity contribution is -0.128. The molecule has 0 saturated heterocycles. The molecule has 2 rings (SSSR count). The largest absolute Gasteiger partial charge is 0.340 e. The fourth-order valence-electron chi connectivity index (χ4n) is 2.44. The molecular weight excluding hydrogens is 395 g/mol. The maximum absolute atomic E-state index is 12.6. The van der Waals surface area contributed by atoms with Crippen molar-refractivity contribution in [3.63, 3.8) is 0 Å². The summed E-state index contributed by atoms with van der Waals surface area (Å²) in [4.78, 5) is 14.1. The summed E-state index contributed by atoms with van der Waals surface area (Å²) < 4.78 is 25.6. The lowest BCUT2D eigenvalue weighted by Crippen LogP contribution is -2.41. The van der Waals surface area contributed by atoms with Crippen LogP contribution in [0.25, 0.3) is 0 Å². The van der Waals surface area contributed by atoms with Crippen LogP contribution in [0.2, 0.25) is 10.0 Å². The molecule has 0 N–H and O–H groups in total. The summed E-state index contributed by atoms with van der Waals surface area (Å²) in [5, 5.41) is 1.06. The molecule has 8 heteroatoms. The van der Waals surface area contributed by atoms with Crippen molar-refractivity contribution in [2.75, 3.05) is 24.2 Å². The number of hydrogen-bond acceptors (Lipinski definition) is 3. The van der Waals surface area contributed by atoms with Crippen LogP contribution in [-0.2, 0) is 21.4 Å². The zero-order valence-electron chi connectivity index (χ0n) is 14.7. The highest BCUT2D eigenvalue weighted by Crippen LogP contribution is 2.28. The predicted molar refractivity (Wildman–Crippen MR) is 106 cm³/mol. The van der Waals surface area contributed by atoms with Gasteiger partial charge in [-0.1, -0.05) is 41.4 Å². The number of halogens is 2. The highest BCUT2D eigenvalue weighted by Gasteiger charge is 2.24. The van der Waals surface area contributed by atoms with E-state index >= 15 is 0 Å². The molecule has 0 unspecified atom stereocenters. The van der Waals surface area contributed by atoms with Crippen LogP contribution in [0.3, 0.4) is 0 Å². The summed E-state index contributed by atoms with van der Waals surface area (Å²) in [7, 11) is -2.03. The molecule has 0 aliphatic carbocycles. The number of anilines is 1. The topological polar surface area (TPSA) is 57.7 Å². The number of likely N-dealkylation sites (N-methyl/N-ethyl adjacent to an activating group) is 1. The zero-order chi connectivity index (χ0) is 19.5. The summed E-state index contributed by atoms with van der Waals surface area (Å²) >= 11 is 12.0. The molecule has 2 aromatic rings. The fraction of sp³-hybridized carbons (Fsp3) is 0.278. The average molecular weight is 415 g/mol. The zero-order valence-corrected chi connectivity index (χ0v) is 17.1. The molecule has 5 nitrogen and oxygen atoms in total. The van der Waals surface area contributed by atoms with Crippen molar-refractivity contribution in [3.05, 3.63) is 63.6 Å². The molecule has 140 valence electrons. The molecule has 0 spiro atoms. The van der Waals surface area contributed by atoms with Gasteiger partial charge in [-0.2, -0.15) is 0 Å². The highest BCUT2D eigenvalue weighted by molar-refractivity contribution is 7.92. The maximum Gasteiger partial charge on any atom is 0.243 e. The third-order valence-corrected chi connectivity index (χ3v) is 5.73. The molecular formula is C18H20Cl2N2O3S. The lowest BCUT2D eigenvalue weighted by Gasteiger charge is -2.26. The molecule has 0 heterocycles. The molecule has 26 heavy (non-hydrogen) atoms. The molecule has 0 atom stereocenters. The van der Waals surface area contributed by atoms with Crippen LogP contribution in [0.5, 0.6) is 0 Å². The molecule has 2 aromatic carbocycles. The number of amides is 1. The monoisotopic (exact) mass is 414 g/mol. The van der Waals surface area contributed by atoms with E-state index in [-0.39, 0.29) is 12.5 Å². The van der Waals surface area contributed by atoms with Crippen LogP contribution in [0.4, 0.5) is 5.69 Å². The van der Waals surface area contributed by atoms with Crippen molar-refractivity contribution in [1.82, 2.24) is 4.90 Å². The summed E-state index contributed by atoms with van der Waals surface area (Å²) in [5.74, 6) is -0.329. The Kier molecular flexibility index (Phi) is 6.55. The van der Waals surface area contributed by atoms with Gasteiger partial charge < -0.3 is 4.90 Å². The van der Waals surface area contributed by atoms with Gasteiger partial charge in [0.25, 0.3) is 0 Å². The smallest absolute Gasteiger partial charge is 0.243 e. The third-order valence-electron chi connectivity index (χ3n) is 3.95. The predicted octanol–water partition coefficient (Wildman–Crippen LogP) is 3.73. The minimum absolute atomic E-state index is 0.301. The second-order valence-electron chi connectivity index (χ2n) is 6.03. The molecule has 0 aliphatic heterocycles. The van der Waals surface area contributed by atoms with Gasteiger partial charge in [0.1, 0.15) is 6.54 Å². The molecule has 1 amide bonds. The number of nitrogens with zero attached hydrogens (tertiary/aromatic N) is 2. The van der Waals surface area contributed by atoms with Gasteiger partial charge in [0, 0.05) is 23.6 Å². The summed E-state index contributed by atoms with van der Waals surface area (Å²) in [6.07, 6.45) is 1.07.